The average molecular weight is 254 g/mol. The Morgan fingerprint density at radius 2 is 2.12 bits per heavy atom. The van der Waals surface area contributed by atoms with Gasteiger partial charge in [0.25, 0.3) is 0 Å². The minimum Gasteiger partial charge on any atom is -0.375 e. The van der Waals surface area contributed by atoms with Crippen molar-refractivity contribution in [1.29, 1.82) is 0 Å². The molecule has 96 valence electrons. The number of ether oxygens (including phenoxy) is 1. The Morgan fingerprint density at radius 1 is 1.41 bits per heavy atom. The van der Waals surface area contributed by atoms with Gasteiger partial charge in [-0.05, 0) is 33.6 Å². The molecule has 0 radical (unpaired) electrons. The van der Waals surface area contributed by atoms with Gasteiger partial charge in [0, 0.05) is 30.1 Å². The van der Waals surface area contributed by atoms with Crippen LogP contribution in [0.25, 0.3) is 0 Å². The van der Waals surface area contributed by atoms with Crippen LogP contribution >= 0.6 is 11.3 Å². The Morgan fingerprint density at radius 3 is 2.71 bits per heavy atom. The van der Waals surface area contributed by atoms with Crippen LogP contribution in [0.1, 0.15) is 37.4 Å². The SMILES string of the molecule is Cc1csc(CCNC2CC(C)OC(C)C2)n1. The van der Waals surface area contributed by atoms with Crippen LogP contribution in [0, 0.1) is 6.92 Å². The zero-order valence-corrected chi connectivity index (χ0v) is 11.7. The van der Waals surface area contributed by atoms with E-state index >= 15 is 0 Å². The maximum Gasteiger partial charge on any atom is 0.0940 e. The third-order valence-electron chi connectivity index (χ3n) is 3.14. The second kappa shape index (κ2) is 5.94. The molecular weight excluding hydrogens is 232 g/mol. The summed E-state index contributed by atoms with van der Waals surface area (Å²) in [4.78, 5) is 4.48. The molecule has 0 aliphatic carbocycles. The molecule has 1 N–H and O–H groups in total. The quantitative estimate of drug-likeness (QED) is 0.896. The molecule has 2 unspecified atom stereocenters. The maximum atomic E-state index is 5.73. The van der Waals surface area contributed by atoms with Gasteiger partial charge in [-0.1, -0.05) is 0 Å². The van der Waals surface area contributed by atoms with Gasteiger partial charge in [0.1, 0.15) is 0 Å². The summed E-state index contributed by atoms with van der Waals surface area (Å²) in [5.41, 5.74) is 1.14. The van der Waals surface area contributed by atoms with Crippen LogP contribution < -0.4 is 5.32 Å². The van der Waals surface area contributed by atoms with Gasteiger partial charge in [-0.2, -0.15) is 0 Å². The van der Waals surface area contributed by atoms with Crippen molar-refractivity contribution in [3.63, 3.8) is 0 Å². The van der Waals surface area contributed by atoms with Crippen molar-refractivity contribution in [3.8, 4) is 0 Å². The van der Waals surface area contributed by atoms with E-state index in [4.69, 9.17) is 4.74 Å². The van der Waals surface area contributed by atoms with Crippen LogP contribution in [-0.2, 0) is 11.2 Å². The molecule has 0 amide bonds. The largest absolute Gasteiger partial charge is 0.375 e. The Kier molecular flexibility index (Phi) is 4.54. The molecule has 0 bridgehead atoms. The van der Waals surface area contributed by atoms with Gasteiger partial charge in [0.15, 0.2) is 0 Å². The number of nitrogens with one attached hydrogen (secondary N) is 1. The highest BCUT2D eigenvalue weighted by Gasteiger charge is 2.23. The van der Waals surface area contributed by atoms with Crippen LogP contribution in [0.3, 0.4) is 0 Å². The monoisotopic (exact) mass is 254 g/mol. The highest BCUT2D eigenvalue weighted by atomic mass is 32.1. The highest BCUT2D eigenvalue weighted by molar-refractivity contribution is 7.09. The summed E-state index contributed by atoms with van der Waals surface area (Å²) < 4.78 is 5.73. The van der Waals surface area contributed by atoms with E-state index in [1.807, 2.05) is 0 Å². The molecule has 2 heterocycles. The number of hydrogen-bond acceptors (Lipinski definition) is 4. The molecule has 17 heavy (non-hydrogen) atoms. The molecule has 2 rings (SSSR count). The van der Waals surface area contributed by atoms with E-state index in [1.165, 1.54) is 5.01 Å². The van der Waals surface area contributed by atoms with Crippen molar-refractivity contribution in [1.82, 2.24) is 10.3 Å². The number of rotatable bonds is 4. The summed E-state index contributed by atoms with van der Waals surface area (Å²) in [5.74, 6) is 0. The topological polar surface area (TPSA) is 34.1 Å². The van der Waals surface area contributed by atoms with Crippen LogP contribution in [-0.4, -0.2) is 29.8 Å². The van der Waals surface area contributed by atoms with Gasteiger partial charge >= 0.3 is 0 Å². The van der Waals surface area contributed by atoms with Crippen LogP contribution in [0.15, 0.2) is 5.38 Å². The molecule has 0 saturated carbocycles. The van der Waals surface area contributed by atoms with Gasteiger partial charge in [-0.25, -0.2) is 4.98 Å². The Labute approximate surface area is 108 Å². The van der Waals surface area contributed by atoms with Crippen molar-refractivity contribution in [2.45, 2.75) is 58.3 Å². The lowest BCUT2D eigenvalue weighted by Crippen LogP contribution is -2.41. The molecule has 2 atom stereocenters. The minimum absolute atomic E-state index is 0.387. The molecule has 1 fully saturated rings. The fraction of sp³-hybridized carbons (Fsp3) is 0.769. The van der Waals surface area contributed by atoms with Gasteiger partial charge < -0.3 is 10.1 Å². The summed E-state index contributed by atoms with van der Waals surface area (Å²) in [5, 5.41) is 6.98. The van der Waals surface area contributed by atoms with Crippen molar-refractivity contribution in [2.75, 3.05) is 6.54 Å². The standard InChI is InChI=1S/C13H22N2OS/c1-9-8-17-13(15-9)4-5-14-12-6-10(2)16-11(3)7-12/h8,10-12,14H,4-7H2,1-3H3. The van der Waals surface area contributed by atoms with E-state index in [1.54, 1.807) is 11.3 Å². The predicted octanol–water partition coefficient (Wildman–Crippen LogP) is 2.54. The number of aryl methyl sites for hydroxylation is 1. The molecular formula is C13H22N2OS. The van der Waals surface area contributed by atoms with Crippen LogP contribution in [0.4, 0.5) is 0 Å². The van der Waals surface area contributed by atoms with E-state index in [0.29, 0.717) is 18.2 Å². The Balaban J connectivity index is 1.71. The molecule has 4 heteroatoms. The van der Waals surface area contributed by atoms with Gasteiger partial charge in [-0.15, -0.1) is 11.3 Å². The zero-order valence-electron chi connectivity index (χ0n) is 10.9. The minimum atomic E-state index is 0.387. The lowest BCUT2D eigenvalue weighted by Gasteiger charge is -2.32. The smallest absolute Gasteiger partial charge is 0.0940 e. The second-order valence-corrected chi connectivity index (χ2v) is 5.96. The van der Waals surface area contributed by atoms with Crippen molar-refractivity contribution in [3.05, 3.63) is 16.1 Å². The van der Waals surface area contributed by atoms with Gasteiger partial charge in [0.05, 0.1) is 17.2 Å². The molecule has 1 aliphatic heterocycles. The van der Waals surface area contributed by atoms with Crippen LogP contribution in [0.5, 0.6) is 0 Å². The normalized spacial score (nSPS) is 29.5. The van der Waals surface area contributed by atoms with E-state index in [9.17, 15) is 0 Å². The molecule has 1 aliphatic rings. The van der Waals surface area contributed by atoms with Crippen molar-refractivity contribution < 1.29 is 4.74 Å². The summed E-state index contributed by atoms with van der Waals surface area (Å²) in [7, 11) is 0. The first kappa shape index (κ1) is 13.0. The van der Waals surface area contributed by atoms with Crippen molar-refractivity contribution >= 4 is 11.3 Å². The fourth-order valence-corrected chi connectivity index (χ4v) is 3.25. The van der Waals surface area contributed by atoms with Crippen LogP contribution in [0.2, 0.25) is 0 Å². The molecule has 0 spiro atoms. The number of nitrogens with zero attached hydrogens (tertiary/aromatic N) is 1. The van der Waals surface area contributed by atoms with E-state index in [-0.39, 0.29) is 0 Å². The Bertz CT molecular complexity index is 343. The zero-order chi connectivity index (χ0) is 12.3. The average Bonchev–Trinajstić information content (AvgIpc) is 2.63. The summed E-state index contributed by atoms with van der Waals surface area (Å²) >= 11 is 1.76. The maximum absolute atomic E-state index is 5.73. The first-order valence-electron chi connectivity index (χ1n) is 6.43. The van der Waals surface area contributed by atoms with E-state index in [0.717, 1.165) is 31.5 Å². The molecule has 3 nitrogen and oxygen atoms in total. The number of hydrogen-bond donors (Lipinski definition) is 1. The summed E-state index contributed by atoms with van der Waals surface area (Å²) in [6.07, 6.45) is 4.07. The third-order valence-corrected chi connectivity index (χ3v) is 4.16. The fourth-order valence-electron chi connectivity index (χ4n) is 2.47. The first-order chi connectivity index (χ1) is 8.13. The number of thiazole rings is 1. The van der Waals surface area contributed by atoms with Crippen molar-refractivity contribution in [2.24, 2.45) is 0 Å². The number of aromatic nitrogens is 1. The Hall–Kier alpha value is -0.450. The third kappa shape index (κ3) is 4.05. The molecule has 1 aromatic heterocycles. The summed E-state index contributed by atoms with van der Waals surface area (Å²) in [6.45, 7) is 7.40. The lowest BCUT2D eigenvalue weighted by atomic mass is 10.00. The first-order valence-corrected chi connectivity index (χ1v) is 7.31. The highest BCUT2D eigenvalue weighted by Crippen LogP contribution is 2.19. The van der Waals surface area contributed by atoms with Gasteiger partial charge in [0.2, 0.25) is 0 Å². The lowest BCUT2D eigenvalue weighted by molar-refractivity contribution is -0.0419. The summed E-state index contributed by atoms with van der Waals surface area (Å²) in [6, 6.07) is 0.606. The molecule has 1 saturated heterocycles. The van der Waals surface area contributed by atoms with Gasteiger partial charge in [-0.3, -0.25) is 0 Å². The van der Waals surface area contributed by atoms with E-state index in [2.05, 4.69) is 36.5 Å². The molecule has 1 aromatic rings. The second-order valence-electron chi connectivity index (χ2n) is 5.01. The van der Waals surface area contributed by atoms with E-state index < -0.39 is 0 Å². The molecule has 0 aromatic carbocycles. The predicted molar refractivity (Wildman–Crippen MR) is 71.6 cm³/mol.